The van der Waals surface area contributed by atoms with Crippen molar-refractivity contribution in [2.45, 2.75) is 32.2 Å². The van der Waals surface area contributed by atoms with Crippen molar-refractivity contribution < 1.29 is 9.90 Å². The molecule has 4 atom stereocenters. The second-order valence-corrected chi connectivity index (χ2v) is 4.68. The summed E-state index contributed by atoms with van der Waals surface area (Å²) in [5, 5.41) is 11.9. The van der Waals surface area contributed by atoms with E-state index in [1.54, 1.807) is 0 Å². The lowest BCUT2D eigenvalue weighted by Crippen LogP contribution is -2.41. The van der Waals surface area contributed by atoms with Gasteiger partial charge in [0, 0.05) is 5.92 Å². The van der Waals surface area contributed by atoms with Crippen LogP contribution in [0.5, 0.6) is 0 Å². The van der Waals surface area contributed by atoms with Gasteiger partial charge in [0.05, 0.1) is 12.6 Å². The molecule has 0 radical (unpaired) electrons. The Kier molecular flexibility index (Phi) is 3.10. The maximum absolute atomic E-state index is 11.9. The largest absolute Gasteiger partial charge is 0.394 e. The Labute approximate surface area is 90.6 Å². The van der Waals surface area contributed by atoms with E-state index in [9.17, 15) is 4.79 Å². The normalized spacial score (nSPS) is 34.4. The van der Waals surface area contributed by atoms with E-state index in [0.29, 0.717) is 11.8 Å². The van der Waals surface area contributed by atoms with Gasteiger partial charge in [-0.2, -0.15) is 0 Å². The van der Waals surface area contributed by atoms with Crippen molar-refractivity contribution in [2.24, 2.45) is 17.8 Å². The second kappa shape index (κ2) is 4.35. The zero-order valence-corrected chi connectivity index (χ0v) is 9.15. The van der Waals surface area contributed by atoms with E-state index < -0.39 is 0 Å². The summed E-state index contributed by atoms with van der Waals surface area (Å²) in [5.41, 5.74) is 0. The lowest BCUT2D eigenvalue weighted by atomic mass is 9.92. The van der Waals surface area contributed by atoms with Gasteiger partial charge in [-0.25, -0.2) is 0 Å². The van der Waals surface area contributed by atoms with Crippen molar-refractivity contribution in [3.63, 3.8) is 0 Å². The van der Waals surface area contributed by atoms with E-state index in [4.69, 9.17) is 5.11 Å². The molecule has 0 heterocycles. The summed E-state index contributed by atoms with van der Waals surface area (Å²) in [6.45, 7) is 2.01. The molecule has 0 aromatic heterocycles. The number of carbonyl (C=O) groups is 1. The molecule has 0 spiro atoms. The van der Waals surface area contributed by atoms with Gasteiger partial charge >= 0.3 is 0 Å². The standard InChI is InChI=1S/C12H19NO2/c1-2-10(7-14)13-12(15)11-6-8-3-4-9(11)5-8/h3-4,8-11,14H,2,5-7H2,1H3,(H,13,15)/t8?,9?,10-,11?/m1/s1. The molecule has 2 aliphatic rings. The highest BCUT2D eigenvalue weighted by Gasteiger charge is 2.39. The minimum atomic E-state index is -0.0689. The maximum Gasteiger partial charge on any atom is 0.224 e. The third-order valence-electron chi connectivity index (χ3n) is 3.68. The predicted molar refractivity (Wildman–Crippen MR) is 58.2 cm³/mol. The van der Waals surface area contributed by atoms with Crippen LogP contribution in [0.4, 0.5) is 0 Å². The number of rotatable bonds is 4. The summed E-state index contributed by atoms with van der Waals surface area (Å²) in [7, 11) is 0. The maximum atomic E-state index is 11.9. The lowest BCUT2D eigenvalue weighted by Gasteiger charge is -2.21. The molecule has 0 aliphatic heterocycles. The van der Waals surface area contributed by atoms with Gasteiger partial charge in [0.2, 0.25) is 5.91 Å². The van der Waals surface area contributed by atoms with Crippen molar-refractivity contribution in [2.75, 3.05) is 6.61 Å². The van der Waals surface area contributed by atoms with E-state index in [0.717, 1.165) is 19.3 Å². The van der Waals surface area contributed by atoms with Crippen molar-refractivity contribution in [3.8, 4) is 0 Å². The summed E-state index contributed by atoms with van der Waals surface area (Å²) in [5.74, 6) is 1.36. The van der Waals surface area contributed by atoms with Gasteiger partial charge in [0.25, 0.3) is 0 Å². The summed E-state index contributed by atoms with van der Waals surface area (Å²) < 4.78 is 0. The smallest absolute Gasteiger partial charge is 0.224 e. The van der Waals surface area contributed by atoms with Crippen LogP contribution in [-0.4, -0.2) is 23.7 Å². The monoisotopic (exact) mass is 209 g/mol. The molecule has 1 saturated carbocycles. The predicted octanol–water partition coefficient (Wildman–Crippen LogP) is 1.09. The van der Waals surface area contributed by atoms with Crippen LogP contribution in [0.15, 0.2) is 12.2 Å². The first kappa shape index (κ1) is 10.7. The number of hydrogen-bond donors (Lipinski definition) is 2. The number of hydrogen-bond acceptors (Lipinski definition) is 2. The van der Waals surface area contributed by atoms with Crippen molar-refractivity contribution in [1.29, 1.82) is 0 Å². The fourth-order valence-corrected chi connectivity index (χ4v) is 2.67. The van der Waals surface area contributed by atoms with Gasteiger partial charge in [-0.15, -0.1) is 0 Å². The minimum absolute atomic E-state index is 0.0406. The molecule has 1 fully saturated rings. The molecule has 3 nitrogen and oxygen atoms in total. The first-order valence-corrected chi connectivity index (χ1v) is 5.84. The molecule has 15 heavy (non-hydrogen) atoms. The molecule has 84 valence electrons. The molecular formula is C12H19NO2. The Morgan fingerprint density at radius 3 is 2.80 bits per heavy atom. The molecule has 2 rings (SSSR count). The third-order valence-corrected chi connectivity index (χ3v) is 3.68. The van der Waals surface area contributed by atoms with Crippen LogP contribution in [0.1, 0.15) is 26.2 Å². The number of carbonyl (C=O) groups excluding carboxylic acids is 1. The quantitative estimate of drug-likeness (QED) is 0.681. The third kappa shape index (κ3) is 2.07. The van der Waals surface area contributed by atoms with Gasteiger partial charge < -0.3 is 10.4 Å². The van der Waals surface area contributed by atoms with Crippen LogP contribution >= 0.6 is 0 Å². The zero-order chi connectivity index (χ0) is 10.8. The van der Waals surface area contributed by atoms with E-state index >= 15 is 0 Å². The molecular weight excluding hydrogens is 190 g/mol. The molecule has 0 aromatic rings. The Bertz CT molecular complexity index is 271. The fourth-order valence-electron chi connectivity index (χ4n) is 2.67. The molecule has 0 aromatic carbocycles. The SMILES string of the molecule is CC[C@H](CO)NC(=O)C1CC2C=CC1C2. The second-order valence-electron chi connectivity index (χ2n) is 4.68. The van der Waals surface area contributed by atoms with Crippen LogP contribution in [0.25, 0.3) is 0 Å². The number of nitrogens with one attached hydrogen (secondary N) is 1. The number of allylic oxidation sites excluding steroid dienone is 2. The van der Waals surface area contributed by atoms with Gasteiger partial charge in [0.1, 0.15) is 0 Å². The number of aliphatic hydroxyl groups is 1. The van der Waals surface area contributed by atoms with Crippen LogP contribution in [0.2, 0.25) is 0 Å². The summed E-state index contributed by atoms with van der Waals surface area (Å²) >= 11 is 0. The topological polar surface area (TPSA) is 49.3 Å². The van der Waals surface area contributed by atoms with E-state index in [1.165, 1.54) is 0 Å². The minimum Gasteiger partial charge on any atom is -0.394 e. The molecule has 3 unspecified atom stereocenters. The molecule has 2 bridgehead atoms. The Morgan fingerprint density at radius 2 is 2.33 bits per heavy atom. The zero-order valence-electron chi connectivity index (χ0n) is 9.15. The van der Waals surface area contributed by atoms with Gasteiger partial charge in [-0.05, 0) is 31.1 Å². The lowest BCUT2D eigenvalue weighted by molar-refractivity contribution is -0.126. The summed E-state index contributed by atoms with van der Waals surface area (Å²) in [4.78, 5) is 11.9. The van der Waals surface area contributed by atoms with E-state index in [1.807, 2.05) is 6.92 Å². The highest BCUT2D eigenvalue weighted by molar-refractivity contribution is 5.80. The van der Waals surface area contributed by atoms with E-state index in [2.05, 4.69) is 17.5 Å². The first-order valence-electron chi connectivity index (χ1n) is 5.84. The number of fused-ring (bicyclic) bond motifs is 2. The van der Waals surface area contributed by atoms with Crippen LogP contribution in [0, 0.1) is 17.8 Å². The summed E-state index contributed by atoms with van der Waals surface area (Å²) in [6, 6.07) is -0.0689. The molecule has 0 saturated heterocycles. The Morgan fingerprint density at radius 1 is 1.53 bits per heavy atom. The number of amides is 1. The first-order chi connectivity index (χ1) is 7.24. The molecule has 2 N–H and O–H groups in total. The van der Waals surface area contributed by atoms with Crippen LogP contribution in [-0.2, 0) is 4.79 Å². The fraction of sp³-hybridized carbons (Fsp3) is 0.750. The highest BCUT2D eigenvalue weighted by Crippen LogP contribution is 2.43. The van der Waals surface area contributed by atoms with Crippen molar-refractivity contribution in [3.05, 3.63) is 12.2 Å². The average molecular weight is 209 g/mol. The average Bonchev–Trinajstić information content (AvgIpc) is 2.87. The van der Waals surface area contributed by atoms with Crippen molar-refractivity contribution in [1.82, 2.24) is 5.32 Å². The van der Waals surface area contributed by atoms with Gasteiger partial charge in [-0.1, -0.05) is 19.1 Å². The van der Waals surface area contributed by atoms with Gasteiger partial charge in [-0.3, -0.25) is 4.79 Å². The number of aliphatic hydroxyl groups excluding tert-OH is 1. The van der Waals surface area contributed by atoms with Crippen LogP contribution < -0.4 is 5.32 Å². The molecule has 2 aliphatic carbocycles. The van der Waals surface area contributed by atoms with Crippen LogP contribution in [0.3, 0.4) is 0 Å². The van der Waals surface area contributed by atoms with Crippen molar-refractivity contribution >= 4 is 5.91 Å². The highest BCUT2D eigenvalue weighted by atomic mass is 16.3. The Balaban J connectivity index is 1.89. The van der Waals surface area contributed by atoms with E-state index in [-0.39, 0.29) is 24.5 Å². The van der Waals surface area contributed by atoms with Gasteiger partial charge in [0.15, 0.2) is 0 Å². The molecule has 1 amide bonds. The summed E-state index contributed by atoms with van der Waals surface area (Å²) in [6.07, 6.45) is 7.35. The Hall–Kier alpha value is -0.830. The molecule has 3 heteroatoms.